The van der Waals surface area contributed by atoms with Gasteiger partial charge in [-0.3, -0.25) is 9.89 Å². The molecule has 0 fully saturated rings. The SMILES string of the molecule is CCOc1nc(C(=O)N(C)Cc2c(OC)ncc3cn[nH]c23)ccc1-c1cccc(F)c1. The van der Waals surface area contributed by atoms with Crippen molar-refractivity contribution in [2.24, 2.45) is 0 Å². The van der Waals surface area contributed by atoms with Crippen LogP contribution in [0.4, 0.5) is 4.39 Å². The smallest absolute Gasteiger partial charge is 0.272 e. The van der Waals surface area contributed by atoms with Gasteiger partial charge in [-0.2, -0.15) is 5.10 Å². The van der Waals surface area contributed by atoms with Gasteiger partial charge in [-0.15, -0.1) is 0 Å². The van der Waals surface area contributed by atoms with Crippen LogP contribution in [0.15, 0.2) is 48.8 Å². The standard InChI is InChI=1S/C23H22FN5O3/c1-4-32-22-17(14-6-5-7-16(24)10-14)8-9-19(27-22)23(30)29(2)13-18-20-15(12-26-28-20)11-25-21(18)31-3/h5-12H,4,13H2,1-3H3,(H,26,28). The molecule has 4 aromatic rings. The molecule has 9 heteroatoms. The van der Waals surface area contributed by atoms with E-state index in [1.807, 2.05) is 6.92 Å². The van der Waals surface area contributed by atoms with Crippen molar-refractivity contribution >= 4 is 16.8 Å². The van der Waals surface area contributed by atoms with Crippen molar-refractivity contribution in [1.29, 1.82) is 0 Å². The number of nitrogens with zero attached hydrogens (tertiary/aromatic N) is 4. The molecule has 1 amide bonds. The molecule has 1 N–H and O–H groups in total. The van der Waals surface area contributed by atoms with E-state index in [0.29, 0.717) is 29.2 Å². The number of aromatic nitrogens is 4. The number of nitrogens with one attached hydrogen (secondary N) is 1. The monoisotopic (exact) mass is 435 g/mol. The summed E-state index contributed by atoms with van der Waals surface area (Å²) in [5, 5.41) is 7.79. The molecular weight excluding hydrogens is 413 g/mol. The Labute approximate surface area is 184 Å². The number of fused-ring (bicyclic) bond motifs is 1. The quantitative estimate of drug-likeness (QED) is 0.474. The van der Waals surface area contributed by atoms with Gasteiger partial charge in [0.25, 0.3) is 5.91 Å². The molecule has 0 aliphatic rings. The van der Waals surface area contributed by atoms with Gasteiger partial charge >= 0.3 is 0 Å². The number of benzene rings is 1. The normalized spacial score (nSPS) is 10.9. The predicted molar refractivity (Wildman–Crippen MR) is 117 cm³/mol. The molecule has 0 radical (unpaired) electrons. The Morgan fingerprint density at radius 1 is 1.19 bits per heavy atom. The maximum atomic E-state index is 13.7. The Bertz CT molecular complexity index is 1270. The molecule has 3 heterocycles. The number of ether oxygens (including phenoxy) is 2. The van der Waals surface area contributed by atoms with E-state index in [2.05, 4.69) is 20.2 Å². The van der Waals surface area contributed by atoms with E-state index >= 15 is 0 Å². The van der Waals surface area contributed by atoms with Gasteiger partial charge in [-0.1, -0.05) is 12.1 Å². The molecule has 0 aliphatic heterocycles. The van der Waals surface area contributed by atoms with Crippen LogP contribution in [0.2, 0.25) is 0 Å². The number of rotatable bonds is 7. The summed E-state index contributed by atoms with van der Waals surface area (Å²) in [6.45, 7) is 2.40. The molecule has 8 nitrogen and oxygen atoms in total. The molecule has 0 saturated carbocycles. The zero-order chi connectivity index (χ0) is 22.7. The van der Waals surface area contributed by atoms with Crippen LogP contribution in [0.25, 0.3) is 22.0 Å². The number of amides is 1. The van der Waals surface area contributed by atoms with Gasteiger partial charge in [-0.25, -0.2) is 14.4 Å². The first-order valence-corrected chi connectivity index (χ1v) is 10.0. The van der Waals surface area contributed by atoms with E-state index in [4.69, 9.17) is 9.47 Å². The number of carbonyl (C=O) groups is 1. The Morgan fingerprint density at radius 3 is 2.78 bits per heavy atom. The number of halogens is 1. The molecule has 0 saturated heterocycles. The van der Waals surface area contributed by atoms with E-state index in [9.17, 15) is 9.18 Å². The zero-order valence-electron chi connectivity index (χ0n) is 17.9. The van der Waals surface area contributed by atoms with E-state index in [1.165, 1.54) is 24.1 Å². The van der Waals surface area contributed by atoms with E-state index in [-0.39, 0.29) is 29.8 Å². The van der Waals surface area contributed by atoms with Gasteiger partial charge in [0.05, 0.1) is 37.5 Å². The largest absolute Gasteiger partial charge is 0.481 e. The summed E-state index contributed by atoms with van der Waals surface area (Å²) in [5.74, 6) is 0.00812. The maximum absolute atomic E-state index is 13.7. The average Bonchev–Trinajstić information content (AvgIpc) is 3.28. The lowest BCUT2D eigenvalue weighted by Crippen LogP contribution is -2.27. The van der Waals surface area contributed by atoms with Crippen molar-refractivity contribution in [3.05, 3.63) is 65.9 Å². The third-order valence-corrected chi connectivity index (χ3v) is 4.98. The van der Waals surface area contributed by atoms with Crippen molar-refractivity contribution < 1.29 is 18.7 Å². The highest BCUT2D eigenvalue weighted by molar-refractivity contribution is 5.93. The molecule has 0 atom stereocenters. The first-order chi connectivity index (χ1) is 15.5. The lowest BCUT2D eigenvalue weighted by Gasteiger charge is -2.19. The fraction of sp³-hybridized carbons (Fsp3) is 0.217. The van der Waals surface area contributed by atoms with Crippen LogP contribution in [0.3, 0.4) is 0 Å². The summed E-state index contributed by atoms with van der Waals surface area (Å²) in [6, 6.07) is 9.47. The van der Waals surface area contributed by atoms with Crippen LogP contribution >= 0.6 is 0 Å². The topological polar surface area (TPSA) is 93.2 Å². The maximum Gasteiger partial charge on any atom is 0.272 e. The third-order valence-electron chi connectivity index (χ3n) is 4.98. The first-order valence-electron chi connectivity index (χ1n) is 10.0. The molecule has 0 aliphatic carbocycles. The summed E-state index contributed by atoms with van der Waals surface area (Å²) in [6.07, 6.45) is 3.32. The van der Waals surface area contributed by atoms with Gasteiger partial charge in [-0.05, 0) is 36.8 Å². The van der Waals surface area contributed by atoms with E-state index in [0.717, 1.165) is 10.9 Å². The van der Waals surface area contributed by atoms with E-state index < -0.39 is 0 Å². The van der Waals surface area contributed by atoms with Gasteiger partial charge in [0.1, 0.15) is 11.5 Å². The number of carbonyl (C=O) groups excluding carboxylic acids is 1. The van der Waals surface area contributed by atoms with Crippen LogP contribution in [0.1, 0.15) is 23.0 Å². The fourth-order valence-corrected chi connectivity index (χ4v) is 3.46. The van der Waals surface area contributed by atoms with Gasteiger partial charge in [0, 0.05) is 24.2 Å². The lowest BCUT2D eigenvalue weighted by atomic mass is 10.1. The minimum absolute atomic E-state index is 0.208. The Kier molecular flexibility index (Phi) is 5.98. The summed E-state index contributed by atoms with van der Waals surface area (Å²) >= 11 is 0. The molecule has 164 valence electrons. The van der Waals surface area contributed by atoms with Crippen molar-refractivity contribution in [2.75, 3.05) is 20.8 Å². The number of hydrogen-bond acceptors (Lipinski definition) is 6. The second-order valence-electron chi connectivity index (χ2n) is 7.10. The summed E-state index contributed by atoms with van der Waals surface area (Å²) in [4.78, 5) is 23.4. The molecule has 0 unspecified atom stereocenters. The highest BCUT2D eigenvalue weighted by Gasteiger charge is 2.21. The fourth-order valence-electron chi connectivity index (χ4n) is 3.46. The summed E-state index contributed by atoms with van der Waals surface area (Å²) < 4.78 is 24.7. The highest BCUT2D eigenvalue weighted by Crippen LogP contribution is 2.30. The molecule has 32 heavy (non-hydrogen) atoms. The number of H-pyrrole nitrogens is 1. The van der Waals surface area contributed by atoms with Crippen LogP contribution in [-0.2, 0) is 6.54 Å². The molecule has 0 spiro atoms. The Balaban J connectivity index is 1.64. The highest BCUT2D eigenvalue weighted by atomic mass is 19.1. The minimum Gasteiger partial charge on any atom is -0.481 e. The molecule has 4 rings (SSSR count). The van der Waals surface area contributed by atoms with Gasteiger partial charge in [0.2, 0.25) is 11.8 Å². The van der Waals surface area contributed by atoms with Crippen LogP contribution in [0.5, 0.6) is 11.8 Å². The average molecular weight is 435 g/mol. The minimum atomic E-state index is -0.361. The zero-order valence-corrected chi connectivity index (χ0v) is 17.9. The van der Waals surface area contributed by atoms with Crippen molar-refractivity contribution in [2.45, 2.75) is 13.5 Å². The lowest BCUT2D eigenvalue weighted by molar-refractivity contribution is 0.0777. The Morgan fingerprint density at radius 2 is 2.03 bits per heavy atom. The van der Waals surface area contributed by atoms with Crippen LogP contribution < -0.4 is 9.47 Å². The van der Waals surface area contributed by atoms with E-state index in [1.54, 1.807) is 43.7 Å². The second kappa shape index (κ2) is 9.01. The summed E-state index contributed by atoms with van der Waals surface area (Å²) in [7, 11) is 3.19. The summed E-state index contributed by atoms with van der Waals surface area (Å²) in [5.41, 5.74) is 2.90. The Hall–Kier alpha value is -4.01. The first kappa shape index (κ1) is 21.2. The number of pyridine rings is 2. The van der Waals surface area contributed by atoms with Crippen LogP contribution in [-0.4, -0.2) is 51.7 Å². The predicted octanol–water partition coefficient (Wildman–Crippen LogP) is 3.84. The van der Waals surface area contributed by atoms with Gasteiger partial charge < -0.3 is 14.4 Å². The third kappa shape index (κ3) is 4.09. The van der Waals surface area contributed by atoms with Crippen molar-refractivity contribution in [3.63, 3.8) is 0 Å². The van der Waals surface area contributed by atoms with Crippen molar-refractivity contribution in [3.8, 4) is 22.9 Å². The molecule has 1 aromatic carbocycles. The molecule has 3 aromatic heterocycles. The second-order valence-corrected chi connectivity index (χ2v) is 7.10. The molecular formula is C23H22FN5O3. The van der Waals surface area contributed by atoms with Gasteiger partial charge in [0.15, 0.2) is 0 Å². The van der Waals surface area contributed by atoms with Crippen LogP contribution in [0, 0.1) is 5.82 Å². The number of methoxy groups -OCH3 is 1. The molecule has 0 bridgehead atoms. The van der Waals surface area contributed by atoms with Crippen molar-refractivity contribution in [1.82, 2.24) is 25.1 Å². The number of aromatic amines is 1. The number of hydrogen-bond donors (Lipinski definition) is 1.